The van der Waals surface area contributed by atoms with E-state index in [2.05, 4.69) is 42.1 Å². The van der Waals surface area contributed by atoms with Crippen LogP contribution in [0.2, 0.25) is 0 Å². The number of cyclic esters (lactones) is 1. The molecule has 0 aromatic rings. The van der Waals surface area contributed by atoms with E-state index in [1.54, 1.807) is 0 Å². The predicted molar refractivity (Wildman–Crippen MR) is 292 cm³/mol. The normalized spacial score (nSPS) is 47.1. The minimum absolute atomic E-state index is 0.0313. The fourth-order valence-corrected chi connectivity index (χ4v) is 17.7. The molecule has 10 N–H and O–H groups in total. The van der Waals surface area contributed by atoms with Gasteiger partial charge in [-0.25, -0.2) is 12.5 Å². The van der Waals surface area contributed by atoms with E-state index < -0.39 is 196 Å². The van der Waals surface area contributed by atoms with E-state index in [4.69, 9.17) is 56.1 Å². The SMILES string of the molecule is COC1C(O)[C@H](OC2C(O)[C@H](O[C@@H]3C(C)O[C@@H](OC4C(O)[C@H](OS(=O)(=O)O)CO[C@H]4O[C@H]4CC[C@]5(C)C6CCC78C(=O)O[C@@](C)(CC(=O)CC(C)C)[C@H]7CC[C@@]8(C)C6=CC[C@H]5C4(C)C)C(O)C3O)OC(COS(=O)(=O)O)[C@H]2O)OC(COS(=O)(=O)O)[C@H]1O. The molecule has 9 rings (SSSR count). The van der Waals surface area contributed by atoms with Crippen molar-refractivity contribution >= 4 is 42.9 Å². The number of aliphatic hydroxyl groups is 7. The number of fused-ring (bicyclic) bond motifs is 4. The third-order valence-corrected chi connectivity index (χ3v) is 22.1. The quantitative estimate of drug-likeness (QED) is 0.0388. The lowest BCUT2D eigenvalue weighted by molar-refractivity contribution is -0.389. The molecule has 5 heterocycles. The third-order valence-electron chi connectivity index (χ3n) is 20.7. The van der Waals surface area contributed by atoms with Crippen molar-refractivity contribution in [2.24, 2.45) is 45.3 Å². The summed E-state index contributed by atoms with van der Waals surface area (Å²) in [7, 11) is -14.6. The lowest BCUT2D eigenvalue weighted by atomic mass is 9.41. The van der Waals surface area contributed by atoms with Crippen LogP contribution in [0.15, 0.2) is 11.6 Å². The fraction of sp³-hybridized carbons (Fsp3) is 0.926. The number of ether oxygens (including phenoxy) is 10. The molecule has 1 spiro atoms. The summed E-state index contributed by atoms with van der Waals surface area (Å²) >= 11 is 0. The predicted octanol–water partition coefficient (Wildman–Crippen LogP) is -0.648. The number of hydrogen-bond acceptors (Lipinski definition) is 28. The van der Waals surface area contributed by atoms with Crippen molar-refractivity contribution in [1.82, 2.24) is 0 Å². The summed E-state index contributed by atoms with van der Waals surface area (Å²) in [4.78, 5) is 27.7. The molecule has 27 atom stereocenters. The first-order valence-electron chi connectivity index (χ1n) is 29.5. The highest BCUT2D eigenvalue weighted by Crippen LogP contribution is 2.76. The molecular formula is C54H86O31S3. The number of aliphatic hydroxyl groups excluding tert-OH is 7. The van der Waals surface area contributed by atoms with Crippen LogP contribution < -0.4 is 0 Å². The monoisotopic (exact) mass is 1330 g/mol. The van der Waals surface area contributed by atoms with E-state index in [1.807, 2.05) is 20.8 Å². The van der Waals surface area contributed by atoms with Crippen LogP contribution in [0.5, 0.6) is 0 Å². The zero-order chi connectivity index (χ0) is 65.0. The molecule has 0 amide bonds. The summed E-state index contributed by atoms with van der Waals surface area (Å²) in [6.07, 6.45) is -29.8. The van der Waals surface area contributed by atoms with Gasteiger partial charge in [-0.05, 0) is 87.4 Å². The number of carbonyl (C=O) groups is 2. The van der Waals surface area contributed by atoms with Crippen LogP contribution in [0.1, 0.15) is 113 Å². The molecule has 0 aromatic carbocycles. The average Bonchev–Trinajstić information content (AvgIpc) is 1.43. The van der Waals surface area contributed by atoms with Crippen molar-refractivity contribution < 1.29 is 144 Å². The average molecular weight is 1330 g/mol. The summed E-state index contributed by atoms with van der Waals surface area (Å²) in [6.45, 7) is 12.8. The van der Waals surface area contributed by atoms with Gasteiger partial charge in [0, 0.05) is 31.3 Å². The number of esters is 1. The first-order valence-corrected chi connectivity index (χ1v) is 33.6. The summed E-state index contributed by atoms with van der Waals surface area (Å²) in [5, 5.41) is 80.2. The Labute approximate surface area is 510 Å². The van der Waals surface area contributed by atoms with Gasteiger partial charge in [0.25, 0.3) is 0 Å². The number of hydrogen-bond donors (Lipinski definition) is 10. The Balaban J connectivity index is 0.912. The standard InChI is InChI=1S/C54H86O31S3/c1-23(2)18-25(55)19-53(8)32-13-16-52(7)27-10-11-31-50(4,5)33(14-15-51(31,6)26(27)12-17-54(32,52)49(63)84-53)80-48-44(36(58)30(20-74-48)85-88(70,71)72)83-45-38(60)37(59)41(24(3)77-45)81-47-40(62)43(35(57)29(79-47)22-76-87(67,68)69)82-46-39(61)42(73-9)34(56)28(78-46)21-75-86(64,65)66/h10,23-24,26,28-48,56-62H,11-22H2,1-9H3,(H,64,65,66)(H,67,68,69)(H,70,71,72)/t24?,26?,28?,29?,30-,31+,32-,33+,34-,35-,36?,37?,38?,39?,40?,41-,42?,43?,44?,45+,46+,47+,48+,51-,52+,53+,54?/m1/s1. The maximum atomic E-state index is 14.4. The van der Waals surface area contributed by atoms with Gasteiger partial charge in [-0.1, -0.05) is 53.2 Å². The van der Waals surface area contributed by atoms with Crippen molar-refractivity contribution in [1.29, 1.82) is 0 Å². The van der Waals surface area contributed by atoms with Gasteiger partial charge >= 0.3 is 37.2 Å². The second-order valence-electron chi connectivity index (χ2n) is 26.9. The van der Waals surface area contributed by atoms with Crippen LogP contribution in [-0.2, 0) is 101 Å². The van der Waals surface area contributed by atoms with Crippen LogP contribution in [-0.4, -0.2) is 242 Å². The molecule has 0 aromatic heterocycles. The van der Waals surface area contributed by atoms with Gasteiger partial charge in [0.1, 0.15) is 96.8 Å². The highest BCUT2D eigenvalue weighted by Gasteiger charge is 2.76. The van der Waals surface area contributed by atoms with Crippen LogP contribution in [0.3, 0.4) is 0 Å². The topological polar surface area (TPSA) is 459 Å². The maximum absolute atomic E-state index is 14.4. The van der Waals surface area contributed by atoms with Gasteiger partial charge in [0.15, 0.2) is 25.2 Å². The minimum Gasteiger partial charge on any atom is -0.458 e. The molecule has 31 nitrogen and oxygen atoms in total. The first-order chi connectivity index (χ1) is 40.7. The van der Waals surface area contributed by atoms with E-state index in [-0.39, 0.29) is 47.3 Å². The molecule has 0 bridgehead atoms. The Hall–Kier alpha value is -2.15. The van der Waals surface area contributed by atoms with E-state index in [0.29, 0.717) is 38.5 Å². The highest BCUT2D eigenvalue weighted by molar-refractivity contribution is 7.81. The highest BCUT2D eigenvalue weighted by atomic mass is 32.3. The molecule has 34 heteroatoms. The van der Waals surface area contributed by atoms with Crippen molar-refractivity contribution in [2.75, 3.05) is 26.9 Å². The van der Waals surface area contributed by atoms with Gasteiger partial charge in [0.05, 0.1) is 37.4 Å². The molecule has 9 aliphatic rings. The van der Waals surface area contributed by atoms with Crippen molar-refractivity contribution in [3.63, 3.8) is 0 Å². The second kappa shape index (κ2) is 25.5. The van der Waals surface area contributed by atoms with Gasteiger partial charge < -0.3 is 83.1 Å². The molecule has 0 radical (unpaired) electrons. The molecule has 3 saturated carbocycles. The Kier molecular flexibility index (Phi) is 20.4. The van der Waals surface area contributed by atoms with Crippen LogP contribution in [0.25, 0.3) is 0 Å². The third kappa shape index (κ3) is 13.3. The maximum Gasteiger partial charge on any atom is 0.397 e. The van der Waals surface area contributed by atoms with E-state index in [0.717, 1.165) is 20.0 Å². The van der Waals surface area contributed by atoms with Gasteiger partial charge in [-0.2, -0.15) is 25.3 Å². The zero-order valence-electron chi connectivity index (χ0n) is 50.2. The van der Waals surface area contributed by atoms with Crippen LogP contribution in [0.4, 0.5) is 0 Å². The van der Waals surface area contributed by atoms with Crippen molar-refractivity contribution in [3.8, 4) is 0 Å². The fourth-order valence-electron chi connectivity index (χ4n) is 16.6. The number of methoxy groups -OCH3 is 1. The van der Waals surface area contributed by atoms with Gasteiger partial charge in [-0.15, -0.1) is 0 Å². The Morgan fingerprint density at radius 1 is 0.648 bits per heavy atom. The summed E-state index contributed by atoms with van der Waals surface area (Å²) in [5.74, 6) is -0.0671. The molecule has 5 saturated heterocycles. The second-order valence-corrected chi connectivity index (χ2v) is 30.1. The van der Waals surface area contributed by atoms with E-state index in [1.165, 1.54) is 12.5 Å². The van der Waals surface area contributed by atoms with Crippen LogP contribution in [0, 0.1) is 45.3 Å². The number of allylic oxidation sites excluding steroid dienone is 2. The number of ketones is 1. The van der Waals surface area contributed by atoms with Gasteiger partial charge in [0.2, 0.25) is 0 Å². The largest absolute Gasteiger partial charge is 0.458 e. The summed E-state index contributed by atoms with van der Waals surface area (Å²) < 4.78 is 171. The first kappa shape index (κ1) is 70.2. The van der Waals surface area contributed by atoms with E-state index >= 15 is 0 Å². The summed E-state index contributed by atoms with van der Waals surface area (Å²) in [6, 6.07) is 0. The number of carbonyl (C=O) groups excluding carboxylic acids is 2. The lowest BCUT2D eigenvalue weighted by Crippen LogP contribution is -2.67. The molecule has 88 heavy (non-hydrogen) atoms. The zero-order valence-corrected chi connectivity index (χ0v) is 52.6. The van der Waals surface area contributed by atoms with Crippen molar-refractivity contribution in [3.05, 3.63) is 11.6 Å². The van der Waals surface area contributed by atoms with Crippen LogP contribution >= 0.6 is 0 Å². The molecule has 4 aliphatic carbocycles. The van der Waals surface area contributed by atoms with E-state index in [9.17, 15) is 79.7 Å². The number of Topliss-reactive ketones (excluding diaryl/α,β-unsaturated/α-hetero) is 1. The molecule has 506 valence electrons. The Morgan fingerprint density at radius 3 is 1.80 bits per heavy atom. The Morgan fingerprint density at radius 2 is 1.22 bits per heavy atom. The molecular weight excluding hydrogens is 1240 g/mol. The summed E-state index contributed by atoms with van der Waals surface area (Å²) in [5.41, 5.74) is -1.93. The van der Waals surface area contributed by atoms with Gasteiger partial charge in [-0.3, -0.25) is 23.2 Å². The molecule has 5 aliphatic heterocycles. The smallest absolute Gasteiger partial charge is 0.397 e. The molecule has 8 fully saturated rings. The Bertz CT molecular complexity index is 2910. The molecule has 13 unspecified atom stereocenters. The minimum atomic E-state index is -5.25. The van der Waals surface area contributed by atoms with Crippen molar-refractivity contribution in [2.45, 2.75) is 242 Å². The number of rotatable bonds is 21. The lowest BCUT2D eigenvalue weighted by Gasteiger charge is -2.64.